The van der Waals surface area contributed by atoms with Crippen LogP contribution < -0.4 is 0 Å². The van der Waals surface area contributed by atoms with Crippen molar-refractivity contribution >= 4 is 11.8 Å². The molecular formula is C20H32O7. The predicted octanol–water partition coefficient (Wildman–Crippen LogP) is 1.15. The van der Waals surface area contributed by atoms with Crippen molar-refractivity contribution in [1.29, 1.82) is 0 Å². The van der Waals surface area contributed by atoms with E-state index in [0.29, 0.717) is 12.8 Å². The van der Waals surface area contributed by atoms with E-state index in [1.165, 1.54) is 13.2 Å². The molecule has 0 aromatic heterocycles. The molecule has 7 atom stereocenters. The average Bonchev–Trinajstić information content (AvgIpc) is 2.60. The number of aliphatic hydroxyl groups excluding tert-OH is 3. The largest absolute Gasteiger partial charge is 0.462 e. The van der Waals surface area contributed by atoms with Crippen molar-refractivity contribution in [3.05, 3.63) is 24.3 Å². The molecule has 0 saturated carbocycles. The van der Waals surface area contributed by atoms with E-state index < -0.39 is 48.3 Å². The molecule has 1 heterocycles. The van der Waals surface area contributed by atoms with Crippen LogP contribution >= 0.6 is 0 Å². The van der Waals surface area contributed by atoms with Gasteiger partial charge in [-0.15, -0.1) is 0 Å². The van der Waals surface area contributed by atoms with Crippen LogP contribution in [0.25, 0.3) is 0 Å². The first kappa shape index (κ1) is 23.5. The maximum atomic E-state index is 12.3. The highest BCUT2D eigenvalue weighted by molar-refractivity contribution is 5.92. The van der Waals surface area contributed by atoms with Crippen LogP contribution in [0.2, 0.25) is 0 Å². The molecule has 1 unspecified atom stereocenters. The number of aliphatic hydroxyl groups is 3. The molecule has 1 aliphatic heterocycles. The molecule has 0 aliphatic carbocycles. The van der Waals surface area contributed by atoms with Gasteiger partial charge in [0.2, 0.25) is 0 Å². The molecule has 7 nitrogen and oxygen atoms in total. The highest BCUT2D eigenvalue weighted by atomic mass is 16.5. The second-order valence-corrected chi connectivity index (χ2v) is 7.04. The van der Waals surface area contributed by atoms with E-state index in [1.54, 1.807) is 39.0 Å². The standard InChI is InChI=1S/C20H32O7/c1-5-14-18(24)13(3)15(21)10-8-6-7-9-12(2)27-17(23)11-16(22)20(26-4)19(14)25/h6-8,10,12-14,16,18-20,22,24-25H,5,9,11H2,1-4H3/b7-6+,10-8+/t12-,13+,14+,16-,18?,19+,20+/m1/s1. The number of ether oxygens (including phenoxy) is 2. The predicted molar refractivity (Wildman–Crippen MR) is 99.8 cm³/mol. The molecule has 0 aromatic carbocycles. The minimum Gasteiger partial charge on any atom is -0.462 e. The van der Waals surface area contributed by atoms with Gasteiger partial charge in [-0.1, -0.05) is 32.1 Å². The lowest BCUT2D eigenvalue weighted by atomic mass is 9.81. The highest BCUT2D eigenvalue weighted by Crippen LogP contribution is 2.26. The molecule has 1 rings (SSSR count). The van der Waals surface area contributed by atoms with E-state index in [-0.39, 0.29) is 12.2 Å². The lowest BCUT2D eigenvalue weighted by molar-refractivity contribution is -0.158. The zero-order valence-electron chi connectivity index (χ0n) is 16.4. The fourth-order valence-corrected chi connectivity index (χ4v) is 3.25. The molecule has 7 heteroatoms. The number of carbonyl (C=O) groups is 2. The minimum absolute atomic E-state index is 0.265. The monoisotopic (exact) mass is 384 g/mol. The van der Waals surface area contributed by atoms with Crippen molar-refractivity contribution in [2.24, 2.45) is 11.8 Å². The molecule has 0 spiro atoms. The number of ketones is 1. The lowest BCUT2D eigenvalue weighted by Gasteiger charge is -2.35. The molecule has 0 fully saturated rings. The Bertz CT molecular complexity index is 542. The fraction of sp³-hybridized carbons (Fsp3) is 0.700. The fourth-order valence-electron chi connectivity index (χ4n) is 3.25. The number of esters is 1. The summed E-state index contributed by atoms with van der Waals surface area (Å²) in [5.74, 6) is -2.31. The summed E-state index contributed by atoms with van der Waals surface area (Å²) in [6.07, 6.45) is 1.66. The van der Waals surface area contributed by atoms with E-state index in [1.807, 2.05) is 0 Å². The van der Waals surface area contributed by atoms with Crippen LogP contribution in [0, 0.1) is 11.8 Å². The third-order valence-electron chi connectivity index (χ3n) is 4.98. The first-order chi connectivity index (χ1) is 12.7. The number of hydrogen-bond acceptors (Lipinski definition) is 7. The second kappa shape index (κ2) is 11.3. The van der Waals surface area contributed by atoms with Crippen LogP contribution in [0.5, 0.6) is 0 Å². The molecule has 0 radical (unpaired) electrons. The zero-order chi connectivity index (χ0) is 20.6. The number of hydrogen-bond donors (Lipinski definition) is 3. The van der Waals surface area contributed by atoms with Gasteiger partial charge in [-0.3, -0.25) is 9.59 Å². The van der Waals surface area contributed by atoms with Crippen molar-refractivity contribution < 1.29 is 34.4 Å². The molecule has 27 heavy (non-hydrogen) atoms. The topological polar surface area (TPSA) is 113 Å². The number of allylic oxidation sites excluding steroid dienone is 3. The van der Waals surface area contributed by atoms with Crippen LogP contribution in [0.1, 0.15) is 40.0 Å². The number of methoxy groups -OCH3 is 1. The van der Waals surface area contributed by atoms with Gasteiger partial charge in [-0.05, 0) is 19.4 Å². The Morgan fingerprint density at radius 1 is 1.15 bits per heavy atom. The summed E-state index contributed by atoms with van der Waals surface area (Å²) in [6.45, 7) is 5.08. The minimum atomic E-state index is -1.31. The Morgan fingerprint density at radius 3 is 2.41 bits per heavy atom. The summed E-state index contributed by atoms with van der Waals surface area (Å²) in [5, 5.41) is 31.7. The molecular weight excluding hydrogens is 352 g/mol. The summed E-state index contributed by atoms with van der Waals surface area (Å²) in [6, 6.07) is 0. The Balaban J connectivity index is 3.15. The van der Waals surface area contributed by atoms with Gasteiger partial charge < -0.3 is 24.8 Å². The quantitative estimate of drug-likeness (QED) is 0.612. The highest BCUT2D eigenvalue weighted by Gasteiger charge is 2.39. The summed E-state index contributed by atoms with van der Waals surface area (Å²) >= 11 is 0. The van der Waals surface area contributed by atoms with E-state index in [9.17, 15) is 24.9 Å². The van der Waals surface area contributed by atoms with E-state index in [2.05, 4.69) is 0 Å². The molecule has 154 valence electrons. The molecule has 0 aromatic rings. The Labute approximate surface area is 160 Å². The van der Waals surface area contributed by atoms with E-state index in [0.717, 1.165) is 0 Å². The van der Waals surface area contributed by atoms with E-state index in [4.69, 9.17) is 9.47 Å². The molecule has 1 aliphatic rings. The molecule has 3 N–H and O–H groups in total. The van der Waals surface area contributed by atoms with Gasteiger partial charge in [0.1, 0.15) is 12.2 Å². The van der Waals surface area contributed by atoms with Gasteiger partial charge in [0, 0.05) is 25.4 Å². The van der Waals surface area contributed by atoms with Crippen LogP contribution in [0.4, 0.5) is 0 Å². The third-order valence-corrected chi connectivity index (χ3v) is 4.98. The van der Waals surface area contributed by atoms with Crippen molar-refractivity contribution in [1.82, 2.24) is 0 Å². The Morgan fingerprint density at radius 2 is 1.81 bits per heavy atom. The molecule has 0 saturated heterocycles. The van der Waals surface area contributed by atoms with Crippen LogP contribution in [-0.4, -0.2) is 64.7 Å². The maximum absolute atomic E-state index is 12.3. The average molecular weight is 384 g/mol. The Hall–Kier alpha value is -1.54. The molecule has 0 amide bonds. The third kappa shape index (κ3) is 6.84. The van der Waals surface area contributed by atoms with Crippen LogP contribution in [-0.2, 0) is 19.1 Å². The van der Waals surface area contributed by atoms with Crippen molar-refractivity contribution in [2.45, 2.75) is 70.6 Å². The second-order valence-electron chi connectivity index (χ2n) is 7.04. The Kier molecular flexibility index (Phi) is 9.87. The van der Waals surface area contributed by atoms with Crippen LogP contribution in [0.15, 0.2) is 24.3 Å². The van der Waals surface area contributed by atoms with Gasteiger partial charge >= 0.3 is 5.97 Å². The van der Waals surface area contributed by atoms with Gasteiger partial charge in [0.05, 0.1) is 24.7 Å². The maximum Gasteiger partial charge on any atom is 0.308 e. The number of carbonyl (C=O) groups excluding carboxylic acids is 2. The van der Waals surface area contributed by atoms with Gasteiger partial charge in [-0.2, -0.15) is 0 Å². The van der Waals surface area contributed by atoms with E-state index >= 15 is 0 Å². The van der Waals surface area contributed by atoms with Crippen molar-refractivity contribution in [3.63, 3.8) is 0 Å². The lowest BCUT2D eigenvalue weighted by Crippen LogP contribution is -2.49. The number of cyclic esters (lactones) is 1. The van der Waals surface area contributed by atoms with Gasteiger partial charge in [0.15, 0.2) is 5.78 Å². The van der Waals surface area contributed by atoms with Crippen LogP contribution in [0.3, 0.4) is 0 Å². The summed E-state index contributed by atoms with van der Waals surface area (Å²) < 4.78 is 10.4. The summed E-state index contributed by atoms with van der Waals surface area (Å²) in [4.78, 5) is 24.3. The van der Waals surface area contributed by atoms with Gasteiger partial charge in [0.25, 0.3) is 0 Å². The smallest absolute Gasteiger partial charge is 0.308 e. The summed E-state index contributed by atoms with van der Waals surface area (Å²) in [7, 11) is 1.31. The van der Waals surface area contributed by atoms with Gasteiger partial charge in [-0.25, -0.2) is 0 Å². The first-order valence-corrected chi connectivity index (χ1v) is 9.36. The number of rotatable bonds is 2. The SMILES string of the molecule is CC[C@H]1C(O)[C@@H](C)C(=O)/C=C/C=C/C[C@@H](C)OC(=O)C[C@@H](O)[C@H](OC)[C@H]1O. The van der Waals surface area contributed by atoms with Crippen molar-refractivity contribution in [3.8, 4) is 0 Å². The first-order valence-electron chi connectivity index (χ1n) is 9.36. The zero-order valence-corrected chi connectivity index (χ0v) is 16.4. The normalized spacial score (nSPS) is 39.6. The molecule has 0 bridgehead atoms. The summed E-state index contributed by atoms with van der Waals surface area (Å²) in [5.41, 5.74) is 0. The van der Waals surface area contributed by atoms with Crippen molar-refractivity contribution in [2.75, 3.05) is 7.11 Å².